The molecule has 3 heterocycles. The van der Waals surface area contributed by atoms with E-state index in [-0.39, 0.29) is 18.0 Å². The average molecular weight is 403 g/mol. The van der Waals surface area contributed by atoms with E-state index in [4.69, 9.17) is 11.6 Å². The average Bonchev–Trinajstić information content (AvgIpc) is 3.10. The van der Waals surface area contributed by atoms with Crippen molar-refractivity contribution in [2.75, 3.05) is 33.2 Å². The molecule has 0 spiro atoms. The number of amides is 1. The first-order chi connectivity index (χ1) is 13.0. The van der Waals surface area contributed by atoms with Crippen LogP contribution in [0.25, 0.3) is 21.3 Å². The first-order valence-electron chi connectivity index (χ1n) is 8.72. The SMILES string of the molecule is CN1CCN(C(=O)Cn2cnc3scc(-c4ccc(Cl)cc4)c3c2=O)CC1. The zero-order chi connectivity index (χ0) is 19.0. The van der Waals surface area contributed by atoms with Gasteiger partial charge in [0.1, 0.15) is 11.4 Å². The largest absolute Gasteiger partial charge is 0.339 e. The van der Waals surface area contributed by atoms with Gasteiger partial charge < -0.3 is 9.80 Å². The lowest BCUT2D eigenvalue weighted by atomic mass is 10.1. The van der Waals surface area contributed by atoms with Gasteiger partial charge in [0, 0.05) is 42.1 Å². The van der Waals surface area contributed by atoms with E-state index in [1.807, 2.05) is 29.5 Å². The maximum atomic E-state index is 13.0. The number of nitrogens with zero attached hydrogens (tertiary/aromatic N) is 4. The summed E-state index contributed by atoms with van der Waals surface area (Å²) in [6, 6.07) is 7.37. The second kappa shape index (κ2) is 7.42. The summed E-state index contributed by atoms with van der Waals surface area (Å²) in [7, 11) is 2.04. The summed E-state index contributed by atoms with van der Waals surface area (Å²) >= 11 is 7.39. The molecular formula is C19H19ClN4O2S. The van der Waals surface area contributed by atoms with E-state index in [1.54, 1.807) is 12.1 Å². The highest BCUT2D eigenvalue weighted by Crippen LogP contribution is 2.31. The number of hydrogen-bond acceptors (Lipinski definition) is 5. The predicted molar refractivity (Wildman–Crippen MR) is 108 cm³/mol. The molecule has 1 fully saturated rings. The number of carbonyl (C=O) groups is 1. The molecule has 8 heteroatoms. The van der Waals surface area contributed by atoms with E-state index in [2.05, 4.69) is 9.88 Å². The van der Waals surface area contributed by atoms with E-state index in [1.165, 1.54) is 22.2 Å². The third-order valence-electron chi connectivity index (χ3n) is 4.88. The zero-order valence-electron chi connectivity index (χ0n) is 14.9. The van der Waals surface area contributed by atoms with Crippen molar-refractivity contribution >= 4 is 39.1 Å². The number of halogens is 1. The number of piperazine rings is 1. The van der Waals surface area contributed by atoms with Crippen molar-refractivity contribution in [1.82, 2.24) is 19.4 Å². The molecule has 3 aromatic rings. The fourth-order valence-electron chi connectivity index (χ4n) is 3.22. The van der Waals surface area contributed by atoms with Crippen molar-refractivity contribution in [3.63, 3.8) is 0 Å². The van der Waals surface area contributed by atoms with Crippen molar-refractivity contribution in [1.29, 1.82) is 0 Å². The van der Waals surface area contributed by atoms with Gasteiger partial charge >= 0.3 is 0 Å². The quantitative estimate of drug-likeness (QED) is 0.675. The predicted octanol–water partition coefficient (Wildman–Crippen LogP) is 2.55. The Morgan fingerprint density at radius 3 is 2.59 bits per heavy atom. The molecular weight excluding hydrogens is 384 g/mol. The van der Waals surface area contributed by atoms with E-state index in [0.29, 0.717) is 28.3 Å². The molecule has 0 radical (unpaired) electrons. The number of benzene rings is 1. The van der Waals surface area contributed by atoms with E-state index < -0.39 is 0 Å². The molecule has 0 saturated carbocycles. The number of hydrogen-bond donors (Lipinski definition) is 0. The van der Waals surface area contributed by atoms with Gasteiger partial charge in [0.05, 0.1) is 11.7 Å². The lowest BCUT2D eigenvalue weighted by molar-refractivity contribution is -0.133. The number of thiophene rings is 1. The van der Waals surface area contributed by atoms with Crippen LogP contribution in [0.15, 0.2) is 40.8 Å². The maximum Gasteiger partial charge on any atom is 0.263 e. The first kappa shape index (κ1) is 18.2. The summed E-state index contributed by atoms with van der Waals surface area (Å²) in [5, 5.41) is 3.12. The van der Waals surface area contributed by atoms with Crippen LogP contribution in [0.2, 0.25) is 5.02 Å². The molecule has 0 bridgehead atoms. The van der Waals surface area contributed by atoms with E-state index >= 15 is 0 Å². The van der Waals surface area contributed by atoms with E-state index in [0.717, 1.165) is 24.2 Å². The molecule has 2 aromatic heterocycles. The Hall–Kier alpha value is -2.22. The molecule has 1 amide bonds. The normalized spacial score (nSPS) is 15.4. The van der Waals surface area contributed by atoms with Gasteiger partial charge in [-0.3, -0.25) is 14.2 Å². The van der Waals surface area contributed by atoms with Crippen molar-refractivity contribution in [3.8, 4) is 11.1 Å². The number of rotatable bonds is 3. The van der Waals surface area contributed by atoms with Gasteiger partial charge in [-0.05, 0) is 24.7 Å². The Morgan fingerprint density at radius 1 is 1.19 bits per heavy atom. The maximum absolute atomic E-state index is 13.0. The minimum Gasteiger partial charge on any atom is -0.339 e. The van der Waals surface area contributed by atoms with Crippen LogP contribution in [-0.2, 0) is 11.3 Å². The Bertz CT molecular complexity index is 1040. The standard InChI is InChI=1S/C19H19ClN4O2S/c1-22-6-8-23(9-7-22)16(25)10-24-12-21-18-17(19(24)26)15(11-27-18)13-2-4-14(20)5-3-13/h2-5,11-12H,6-10H2,1H3. The highest BCUT2D eigenvalue weighted by molar-refractivity contribution is 7.17. The molecule has 0 unspecified atom stereocenters. The number of aromatic nitrogens is 2. The molecule has 0 aliphatic carbocycles. The third-order valence-corrected chi connectivity index (χ3v) is 6.02. The molecule has 4 rings (SSSR count). The van der Waals surface area contributed by atoms with Crippen molar-refractivity contribution in [2.24, 2.45) is 0 Å². The Balaban J connectivity index is 1.65. The first-order valence-corrected chi connectivity index (χ1v) is 9.97. The topological polar surface area (TPSA) is 58.4 Å². The van der Waals surface area contributed by atoms with Crippen molar-refractivity contribution in [2.45, 2.75) is 6.54 Å². The Labute approximate surface area is 165 Å². The van der Waals surface area contributed by atoms with Crippen LogP contribution in [0.1, 0.15) is 0 Å². The second-order valence-electron chi connectivity index (χ2n) is 6.70. The van der Waals surface area contributed by atoms with Crippen LogP contribution in [0.5, 0.6) is 0 Å². The van der Waals surface area contributed by atoms with Crippen LogP contribution < -0.4 is 5.56 Å². The van der Waals surface area contributed by atoms with Gasteiger partial charge in [-0.15, -0.1) is 11.3 Å². The third kappa shape index (κ3) is 3.63. The molecule has 6 nitrogen and oxygen atoms in total. The Kier molecular flexibility index (Phi) is 4.99. The summed E-state index contributed by atoms with van der Waals surface area (Å²) in [4.78, 5) is 34.7. The summed E-state index contributed by atoms with van der Waals surface area (Å²) in [5.41, 5.74) is 1.55. The van der Waals surface area contributed by atoms with E-state index in [9.17, 15) is 9.59 Å². The molecule has 1 aromatic carbocycles. The minimum atomic E-state index is -0.186. The molecule has 1 saturated heterocycles. The molecule has 1 aliphatic rings. The fourth-order valence-corrected chi connectivity index (χ4v) is 4.26. The summed E-state index contributed by atoms with van der Waals surface area (Å²) in [5.74, 6) is -0.0466. The highest BCUT2D eigenvalue weighted by Gasteiger charge is 2.21. The van der Waals surface area contributed by atoms with Crippen molar-refractivity contribution in [3.05, 3.63) is 51.3 Å². The van der Waals surface area contributed by atoms with Crippen LogP contribution in [0.4, 0.5) is 0 Å². The number of carbonyl (C=O) groups excluding carboxylic acids is 1. The van der Waals surface area contributed by atoms with Gasteiger partial charge in [-0.2, -0.15) is 0 Å². The van der Waals surface area contributed by atoms with Gasteiger partial charge in [-0.25, -0.2) is 4.98 Å². The van der Waals surface area contributed by atoms with Gasteiger partial charge in [-0.1, -0.05) is 23.7 Å². The van der Waals surface area contributed by atoms with Gasteiger partial charge in [0.15, 0.2) is 0 Å². The smallest absolute Gasteiger partial charge is 0.263 e. The van der Waals surface area contributed by atoms with Gasteiger partial charge in [0.2, 0.25) is 5.91 Å². The van der Waals surface area contributed by atoms with Crippen LogP contribution in [0, 0.1) is 0 Å². The van der Waals surface area contributed by atoms with Gasteiger partial charge in [0.25, 0.3) is 5.56 Å². The fraction of sp³-hybridized carbons (Fsp3) is 0.316. The summed E-state index contributed by atoms with van der Waals surface area (Å²) in [6.45, 7) is 3.09. The van der Waals surface area contributed by atoms with Crippen LogP contribution in [-0.4, -0.2) is 58.5 Å². The molecule has 0 atom stereocenters. The lowest BCUT2D eigenvalue weighted by Crippen LogP contribution is -2.48. The van der Waals surface area contributed by atoms with Crippen LogP contribution >= 0.6 is 22.9 Å². The summed E-state index contributed by atoms with van der Waals surface area (Å²) in [6.07, 6.45) is 1.47. The second-order valence-corrected chi connectivity index (χ2v) is 7.99. The monoisotopic (exact) mass is 402 g/mol. The highest BCUT2D eigenvalue weighted by atomic mass is 35.5. The molecule has 27 heavy (non-hydrogen) atoms. The lowest BCUT2D eigenvalue weighted by Gasteiger charge is -2.32. The van der Waals surface area contributed by atoms with Crippen LogP contribution in [0.3, 0.4) is 0 Å². The van der Waals surface area contributed by atoms with Crippen molar-refractivity contribution < 1.29 is 4.79 Å². The zero-order valence-corrected chi connectivity index (χ0v) is 16.5. The molecule has 1 aliphatic heterocycles. The number of likely N-dealkylation sites (N-methyl/N-ethyl adjacent to an activating group) is 1. The molecule has 140 valence electrons. The minimum absolute atomic E-state index is 0.0153. The number of fused-ring (bicyclic) bond motifs is 1. The summed E-state index contributed by atoms with van der Waals surface area (Å²) < 4.78 is 1.41. The molecule has 0 N–H and O–H groups in total. The Morgan fingerprint density at radius 2 is 1.89 bits per heavy atom.